The molecule has 0 saturated carbocycles. The number of likely N-dealkylation sites (tertiary alicyclic amines) is 1. The molecule has 1 saturated heterocycles. The number of rotatable bonds is 3. The van der Waals surface area contributed by atoms with Crippen molar-refractivity contribution in [3.05, 3.63) is 51.2 Å². The number of anilines is 1. The fourth-order valence-corrected chi connectivity index (χ4v) is 3.72. The highest BCUT2D eigenvalue weighted by molar-refractivity contribution is 5.73. The molecule has 1 N–H and O–H groups in total. The summed E-state index contributed by atoms with van der Waals surface area (Å²) in [7, 11) is 0. The van der Waals surface area contributed by atoms with Gasteiger partial charge in [-0.05, 0) is 30.2 Å². The lowest BCUT2D eigenvalue weighted by Crippen LogP contribution is -2.28. The minimum absolute atomic E-state index is 0.00740. The Kier molecular flexibility index (Phi) is 4.33. The third-order valence-electron chi connectivity index (χ3n) is 5.28. The summed E-state index contributed by atoms with van der Waals surface area (Å²) in [5.74, 6) is -0.183. The molecule has 1 amide bonds. The van der Waals surface area contributed by atoms with E-state index < -0.39 is 5.82 Å². The molecule has 2 aromatic rings. The number of nitrogens with zero attached hydrogens (tertiary/aromatic N) is 3. The second-order valence-electron chi connectivity index (χ2n) is 7.11. The molecule has 7 nitrogen and oxygen atoms in total. The van der Waals surface area contributed by atoms with E-state index in [9.17, 15) is 14.0 Å². The van der Waals surface area contributed by atoms with Crippen molar-refractivity contribution in [1.82, 2.24) is 15.1 Å². The summed E-state index contributed by atoms with van der Waals surface area (Å²) in [6.07, 6.45) is 2.11. The van der Waals surface area contributed by atoms with Gasteiger partial charge >= 0.3 is 0 Å². The third kappa shape index (κ3) is 3.27. The highest BCUT2D eigenvalue weighted by Crippen LogP contribution is 2.33. The van der Waals surface area contributed by atoms with Crippen LogP contribution < -0.4 is 15.2 Å². The monoisotopic (exact) mass is 372 g/mol. The van der Waals surface area contributed by atoms with Gasteiger partial charge in [-0.15, -0.1) is 0 Å². The number of benzene rings is 1. The van der Waals surface area contributed by atoms with Gasteiger partial charge in [-0.3, -0.25) is 9.59 Å². The van der Waals surface area contributed by atoms with E-state index >= 15 is 0 Å². The van der Waals surface area contributed by atoms with E-state index in [-0.39, 0.29) is 23.3 Å². The number of carbonyl (C=O) groups excluding carboxylic acids is 1. The lowest BCUT2D eigenvalue weighted by atomic mass is 10.1. The smallest absolute Gasteiger partial charge is 0.269 e. The van der Waals surface area contributed by atoms with Crippen LogP contribution in [0.4, 0.5) is 10.1 Å². The van der Waals surface area contributed by atoms with Crippen molar-refractivity contribution in [2.45, 2.75) is 39.5 Å². The normalized spacial score (nSPS) is 18.7. The number of aromatic amines is 1. The number of carbonyl (C=O) groups is 1. The van der Waals surface area contributed by atoms with Gasteiger partial charge in [0.25, 0.3) is 5.56 Å². The number of halogens is 1. The largest absolute Gasteiger partial charge is 0.485 e. The van der Waals surface area contributed by atoms with Gasteiger partial charge < -0.3 is 14.5 Å². The molecule has 1 aromatic carbocycles. The maximum Gasteiger partial charge on any atom is 0.269 e. The molecule has 2 aliphatic rings. The van der Waals surface area contributed by atoms with Crippen molar-refractivity contribution >= 4 is 11.6 Å². The van der Waals surface area contributed by atoms with Gasteiger partial charge in [0, 0.05) is 38.5 Å². The zero-order valence-electron chi connectivity index (χ0n) is 15.3. The van der Waals surface area contributed by atoms with E-state index in [2.05, 4.69) is 10.2 Å². The summed E-state index contributed by atoms with van der Waals surface area (Å²) >= 11 is 0. The van der Waals surface area contributed by atoms with Crippen LogP contribution in [0.15, 0.2) is 23.1 Å². The molecule has 27 heavy (non-hydrogen) atoms. The van der Waals surface area contributed by atoms with Crippen LogP contribution in [0.3, 0.4) is 0 Å². The van der Waals surface area contributed by atoms with Crippen molar-refractivity contribution in [1.29, 1.82) is 0 Å². The SMILES string of the molecule is CC(=O)N1CCC(Oc2cc3c(cc2F)CN(c2cn[nH]c(=O)c2C)C3)C1. The summed E-state index contributed by atoms with van der Waals surface area (Å²) in [6, 6.07) is 3.23. The van der Waals surface area contributed by atoms with Crippen molar-refractivity contribution in [2.24, 2.45) is 0 Å². The summed E-state index contributed by atoms with van der Waals surface area (Å²) in [4.78, 5) is 26.9. The Morgan fingerprint density at radius 1 is 1.33 bits per heavy atom. The third-order valence-corrected chi connectivity index (χ3v) is 5.28. The predicted molar refractivity (Wildman–Crippen MR) is 97.2 cm³/mol. The lowest BCUT2D eigenvalue weighted by molar-refractivity contribution is -0.128. The molecule has 8 heteroatoms. The average Bonchev–Trinajstić information content (AvgIpc) is 3.24. The van der Waals surface area contributed by atoms with Crippen LogP contribution in [0.2, 0.25) is 0 Å². The Morgan fingerprint density at radius 2 is 2.07 bits per heavy atom. The quantitative estimate of drug-likeness (QED) is 0.888. The van der Waals surface area contributed by atoms with Gasteiger partial charge in [0.1, 0.15) is 6.10 Å². The summed E-state index contributed by atoms with van der Waals surface area (Å²) in [6.45, 7) is 5.46. The van der Waals surface area contributed by atoms with Gasteiger partial charge in [-0.2, -0.15) is 5.10 Å². The van der Waals surface area contributed by atoms with Crippen LogP contribution in [0.25, 0.3) is 0 Å². The second-order valence-corrected chi connectivity index (χ2v) is 7.11. The van der Waals surface area contributed by atoms with Gasteiger partial charge in [-0.1, -0.05) is 0 Å². The van der Waals surface area contributed by atoms with E-state index in [4.69, 9.17) is 4.74 Å². The van der Waals surface area contributed by atoms with E-state index in [1.54, 1.807) is 24.1 Å². The maximum atomic E-state index is 14.5. The molecule has 0 bridgehead atoms. The molecule has 1 fully saturated rings. The number of amides is 1. The number of hydrogen-bond acceptors (Lipinski definition) is 5. The first kappa shape index (κ1) is 17.5. The lowest BCUT2D eigenvalue weighted by Gasteiger charge is -2.18. The Balaban J connectivity index is 1.53. The fraction of sp³-hybridized carbons (Fsp3) is 0.421. The molecule has 1 unspecified atom stereocenters. The first-order chi connectivity index (χ1) is 12.9. The zero-order chi connectivity index (χ0) is 19.1. The maximum absolute atomic E-state index is 14.5. The first-order valence-electron chi connectivity index (χ1n) is 8.95. The Morgan fingerprint density at radius 3 is 2.78 bits per heavy atom. The molecule has 0 spiro atoms. The van der Waals surface area contributed by atoms with Crippen LogP contribution in [0.1, 0.15) is 30.0 Å². The first-order valence-corrected chi connectivity index (χ1v) is 8.95. The van der Waals surface area contributed by atoms with E-state index in [0.29, 0.717) is 38.2 Å². The van der Waals surface area contributed by atoms with E-state index in [1.165, 1.54) is 13.0 Å². The highest BCUT2D eigenvalue weighted by Gasteiger charge is 2.28. The number of nitrogens with one attached hydrogen (secondary N) is 1. The zero-order valence-corrected chi connectivity index (χ0v) is 15.3. The molecule has 0 aliphatic carbocycles. The molecule has 1 atom stereocenters. The number of H-pyrrole nitrogens is 1. The predicted octanol–water partition coefficient (Wildman–Crippen LogP) is 1.74. The minimum atomic E-state index is -0.405. The minimum Gasteiger partial charge on any atom is -0.485 e. The molecular weight excluding hydrogens is 351 g/mol. The molecule has 2 aliphatic heterocycles. The summed E-state index contributed by atoms with van der Waals surface area (Å²) < 4.78 is 20.4. The Labute approximate surface area is 155 Å². The Hall–Kier alpha value is -2.90. The number of aromatic nitrogens is 2. The number of hydrogen-bond donors (Lipinski definition) is 1. The van der Waals surface area contributed by atoms with E-state index in [1.807, 2.05) is 4.90 Å². The van der Waals surface area contributed by atoms with Crippen LogP contribution >= 0.6 is 0 Å². The summed E-state index contributed by atoms with van der Waals surface area (Å²) in [5.41, 5.74) is 2.94. The van der Waals surface area contributed by atoms with Gasteiger partial charge in [0.05, 0.1) is 18.4 Å². The van der Waals surface area contributed by atoms with Crippen LogP contribution in [-0.2, 0) is 17.9 Å². The van der Waals surface area contributed by atoms with Crippen molar-refractivity contribution in [3.63, 3.8) is 0 Å². The van der Waals surface area contributed by atoms with Gasteiger partial charge in [0.15, 0.2) is 11.6 Å². The van der Waals surface area contributed by atoms with Crippen LogP contribution in [0.5, 0.6) is 5.75 Å². The number of fused-ring (bicyclic) bond motifs is 1. The standard InChI is InChI=1S/C19H21FN4O3/c1-11-17(7-21-22-19(11)26)24-8-13-5-16(20)18(6-14(13)9-24)27-15-3-4-23(10-15)12(2)25/h5-7,15H,3-4,8-10H2,1-2H3,(H,22,26). The molecule has 4 rings (SSSR count). The van der Waals surface area contributed by atoms with Crippen molar-refractivity contribution < 1.29 is 13.9 Å². The number of ether oxygens (including phenoxy) is 1. The van der Waals surface area contributed by atoms with Crippen LogP contribution in [0, 0.1) is 12.7 Å². The van der Waals surface area contributed by atoms with Gasteiger partial charge in [0.2, 0.25) is 5.91 Å². The molecule has 0 radical (unpaired) electrons. The van der Waals surface area contributed by atoms with Gasteiger partial charge in [-0.25, -0.2) is 9.49 Å². The van der Waals surface area contributed by atoms with Crippen LogP contribution in [-0.4, -0.2) is 40.2 Å². The van der Waals surface area contributed by atoms with E-state index in [0.717, 1.165) is 16.8 Å². The summed E-state index contributed by atoms with van der Waals surface area (Å²) in [5, 5.41) is 6.28. The van der Waals surface area contributed by atoms with Crippen molar-refractivity contribution in [2.75, 3.05) is 18.0 Å². The average molecular weight is 372 g/mol. The molecule has 1 aromatic heterocycles. The molecule has 142 valence electrons. The highest BCUT2D eigenvalue weighted by atomic mass is 19.1. The fourth-order valence-electron chi connectivity index (χ4n) is 3.72. The van der Waals surface area contributed by atoms with Crippen molar-refractivity contribution in [3.8, 4) is 5.75 Å². The second kappa shape index (κ2) is 6.68. The molecular formula is C19H21FN4O3. The molecule has 3 heterocycles. The topological polar surface area (TPSA) is 78.5 Å². The Bertz CT molecular complexity index is 958.